The van der Waals surface area contributed by atoms with Crippen LogP contribution in [-0.2, 0) is 16.6 Å². The van der Waals surface area contributed by atoms with Gasteiger partial charge in [0.15, 0.2) is 0 Å². The molecule has 1 unspecified atom stereocenters. The quantitative estimate of drug-likeness (QED) is 0.806. The molecule has 0 radical (unpaired) electrons. The van der Waals surface area contributed by atoms with Crippen LogP contribution in [0.1, 0.15) is 16.7 Å². The number of aliphatic hydroxyl groups is 1. The van der Waals surface area contributed by atoms with Gasteiger partial charge in [0.1, 0.15) is 0 Å². The molecule has 0 saturated heterocycles. The Bertz CT molecular complexity index is 482. The Labute approximate surface area is 117 Å². The van der Waals surface area contributed by atoms with E-state index in [0.717, 1.165) is 5.75 Å². The molecule has 1 atom stereocenters. The zero-order valence-electron chi connectivity index (χ0n) is 10.8. The van der Waals surface area contributed by atoms with Crippen LogP contribution < -0.4 is 4.72 Å². The summed E-state index contributed by atoms with van der Waals surface area (Å²) in [5.74, 6) is 1.22. The molecule has 104 valence electrons. The van der Waals surface area contributed by atoms with Crippen LogP contribution in [0.5, 0.6) is 0 Å². The molecular formula is C11H19NO3S3. The lowest BCUT2D eigenvalue weighted by atomic mass is 10.2. The summed E-state index contributed by atoms with van der Waals surface area (Å²) in [5.41, 5.74) is 0. The number of nitrogens with one attached hydrogen (secondary N) is 1. The Morgan fingerprint density at radius 3 is 2.72 bits per heavy atom. The van der Waals surface area contributed by atoms with Crippen molar-refractivity contribution in [3.05, 3.63) is 15.8 Å². The molecule has 1 aromatic heterocycles. The molecule has 0 aromatic carbocycles. The maximum atomic E-state index is 12.1. The fourth-order valence-electron chi connectivity index (χ4n) is 1.54. The van der Waals surface area contributed by atoms with Crippen LogP contribution in [0.25, 0.3) is 0 Å². The first-order chi connectivity index (χ1) is 8.40. The van der Waals surface area contributed by atoms with Gasteiger partial charge in [0.2, 0.25) is 10.0 Å². The predicted octanol–water partition coefficient (Wildman–Crippen LogP) is 1.83. The molecule has 0 bridgehead atoms. The highest BCUT2D eigenvalue weighted by atomic mass is 32.2. The fourth-order valence-corrected chi connectivity index (χ4v) is 4.89. The van der Waals surface area contributed by atoms with Crippen LogP contribution in [0.15, 0.2) is 11.0 Å². The number of aliphatic hydroxyl groups excluding tert-OH is 1. The van der Waals surface area contributed by atoms with Crippen LogP contribution in [0.2, 0.25) is 0 Å². The third-order valence-electron chi connectivity index (χ3n) is 2.44. The number of hydrogen-bond acceptors (Lipinski definition) is 5. The van der Waals surface area contributed by atoms with E-state index in [-0.39, 0.29) is 11.5 Å². The summed E-state index contributed by atoms with van der Waals surface area (Å²) in [6.07, 6.45) is 2.00. The van der Waals surface area contributed by atoms with Crippen molar-refractivity contribution >= 4 is 33.1 Å². The summed E-state index contributed by atoms with van der Waals surface area (Å²) in [6.45, 7) is 4.08. The number of aryl methyl sites for hydroxylation is 1. The van der Waals surface area contributed by atoms with Crippen LogP contribution in [0.3, 0.4) is 0 Å². The predicted molar refractivity (Wildman–Crippen MR) is 77.7 cm³/mol. The molecule has 2 N–H and O–H groups in total. The number of thioether (sulfide) groups is 1. The Hall–Kier alpha value is -0.0800. The van der Waals surface area contributed by atoms with Gasteiger partial charge in [-0.1, -0.05) is 6.92 Å². The van der Waals surface area contributed by atoms with Gasteiger partial charge in [-0.2, -0.15) is 11.8 Å². The lowest BCUT2D eigenvalue weighted by Crippen LogP contribution is -2.29. The van der Waals surface area contributed by atoms with Crippen molar-refractivity contribution in [1.29, 1.82) is 0 Å². The molecule has 1 aromatic rings. The molecule has 0 spiro atoms. The maximum Gasteiger partial charge on any atom is 0.241 e. The average Bonchev–Trinajstić information content (AvgIpc) is 2.69. The van der Waals surface area contributed by atoms with E-state index in [4.69, 9.17) is 5.11 Å². The van der Waals surface area contributed by atoms with Gasteiger partial charge in [0.25, 0.3) is 0 Å². The van der Waals surface area contributed by atoms with E-state index in [1.165, 1.54) is 11.3 Å². The minimum atomic E-state index is -3.45. The monoisotopic (exact) mass is 309 g/mol. The van der Waals surface area contributed by atoms with Crippen LogP contribution >= 0.6 is 23.1 Å². The van der Waals surface area contributed by atoms with E-state index in [1.54, 1.807) is 24.8 Å². The van der Waals surface area contributed by atoms with Crippen molar-refractivity contribution in [3.8, 4) is 0 Å². The third-order valence-corrected chi connectivity index (χ3v) is 6.06. The minimum absolute atomic E-state index is 0.121. The zero-order valence-corrected chi connectivity index (χ0v) is 13.2. The van der Waals surface area contributed by atoms with E-state index in [2.05, 4.69) is 4.72 Å². The first-order valence-corrected chi connectivity index (χ1v) is 9.28. The first kappa shape index (κ1) is 16.0. The zero-order chi connectivity index (χ0) is 13.8. The summed E-state index contributed by atoms with van der Waals surface area (Å²) in [5, 5.41) is 9.02. The molecule has 0 saturated carbocycles. The summed E-state index contributed by atoms with van der Waals surface area (Å²) in [4.78, 5) is 1.67. The number of sulfonamides is 1. The van der Waals surface area contributed by atoms with Gasteiger partial charge in [-0.3, -0.25) is 0 Å². The minimum Gasteiger partial charge on any atom is -0.391 e. The van der Waals surface area contributed by atoms with Crippen LogP contribution in [0, 0.1) is 12.8 Å². The summed E-state index contributed by atoms with van der Waals surface area (Å²) >= 11 is 3.01. The van der Waals surface area contributed by atoms with Crippen LogP contribution in [0.4, 0.5) is 0 Å². The molecular weight excluding hydrogens is 290 g/mol. The van der Waals surface area contributed by atoms with Crippen molar-refractivity contribution in [3.63, 3.8) is 0 Å². The van der Waals surface area contributed by atoms with E-state index < -0.39 is 10.0 Å². The molecule has 0 aliphatic rings. The number of hydrogen-bond donors (Lipinski definition) is 2. The van der Waals surface area contributed by atoms with Crippen molar-refractivity contribution in [2.24, 2.45) is 5.92 Å². The Morgan fingerprint density at radius 2 is 2.22 bits per heavy atom. The molecule has 18 heavy (non-hydrogen) atoms. The number of rotatable bonds is 7. The van der Waals surface area contributed by atoms with Gasteiger partial charge in [0, 0.05) is 16.3 Å². The first-order valence-electron chi connectivity index (χ1n) is 5.59. The fraction of sp³-hybridized carbons (Fsp3) is 0.636. The molecule has 0 aliphatic carbocycles. The van der Waals surface area contributed by atoms with E-state index in [0.29, 0.717) is 22.2 Å². The second kappa shape index (κ2) is 6.91. The highest BCUT2D eigenvalue weighted by molar-refractivity contribution is 7.98. The molecule has 1 rings (SSSR count). The van der Waals surface area contributed by atoms with Gasteiger partial charge in [-0.25, -0.2) is 13.1 Å². The maximum absolute atomic E-state index is 12.1. The topological polar surface area (TPSA) is 66.4 Å². The van der Waals surface area contributed by atoms with E-state index in [9.17, 15) is 8.42 Å². The van der Waals surface area contributed by atoms with Gasteiger partial charge < -0.3 is 5.11 Å². The van der Waals surface area contributed by atoms with Gasteiger partial charge in [-0.15, -0.1) is 11.3 Å². The lowest BCUT2D eigenvalue weighted by Gasteiger charge is -2.11. The Balaban J connectivity index is 2.76. The lowest BCUT2D eigenvalue weighted by molar-refractivity contribution is 0.285. The Morgan fingerprint density at radius 1 is 1.56 bits per heavy atom. The summed E-state index contributed by atoms with van der Waals surface area (Å²) < 4.78 is 26.8. The molecule has 1 heterocycles. The molecule has 0 fully saturated rings. The highest BCUT2D eigenvalue weighted by Gasteiger charge is 2.20. The van der Waals surface area contributed by atoms with Gasteiger partial charge in [-0.05, 0) is 30.9 Å². The molecule has 0 aliphatic heterocycles. The molecule has 4 nitrogen and oxygen atoms in total. The Kier molecular flexibility index (Phi) is 6.13. The summed E-state index contributed by atoms with van der Waals surface area (Å²) in [7, 11) is -3.45. The van der Waals surface area contributed by atoms with Crippen molar-refractivity contribution in [2.75, 3.05) is 18.6 Å². The molecule has 0 amide bonds. The SMILES string of the molecule is CSCC(C)CNS(=O)(=O)c1cc(CO)sc1C. The highest BCUT2D eigenvalue weighted by Crippen LogP contribution is 2.25. The van der Waals surface area contributed by atoms with Gasteiger partial charge in [0.05, 0.1) is 11.5 Å². The van der Waals surface area contributed by atoms with Gasteiger partial charge >= 0.3 is 0 Å². The largest absolute Gasteiger partial charge is 0.391 e. The second-order valence-corrected chi connectivity index (χ2v) is 8.19. The normalized spacial score (nSPS) is 13.8. The smallest absolute Gasteiger partial charge is 0.241 e. The van der Waals surface area contributed by atoms with Crippen molar-refractivity contribution < 1.29 is 13.5 Å². The number of thiophene rings is 1. The second-order valence-electron chi connectivity index (χ2n) is 4.20. The van der Waals surface area contributed by atoms with Crippen molar-refractivity contribution in [2.45, 2.75) is 25.3 Å². The van der Waals surface area contributed by atoms with Crippen molar-refractivity contribution in [1.82, 2.24) is 4.72 Å². The average molecular weight is 309 g/mol. The third kappa shape index (κ3) is 4.24. The standard InChI is InChI=1S/C11H19NO3S3/c1-8(7-16-3)5-12-18(14,15)11-4-10(6-13)17-9(11)2/h4,8,12-13H,5-7H2,1-3H3. The van der Waals surface area contributed by atoms with E-state index in [1.807, 2.05) is 13.2 Å². The van der Waals surface area contributed by atoms with E-state index >= 15 is 0 Å². The summed E-state index contributed by atoms with van der Waals surface area (Å²) in [6, 6.07) is 1.54. The molecule has 7 heteroatoms. The van der Waals surface area contributed by atoms with Crippen LogP contribution in [-0.4, -0.2) is 32.1 Å².